The normalized spacial score (nSPS) is 18.8. The standard InChI is InChI=1S/C15H14N2O/c16-14-8(5-9-7-18-9)6-12-10-3-1-2-4-11(10)13(12)15(14)17/h1-4,6,9H,5,7,16-17H2. The van der Waals surface area contributed by atoms with Gasteiger partial charge in [-0.25, -0.2) is 0 Å². The molecule has 4 N–H and O–H groups in total. The van der Waals surface area contributed by atoms with E-state index in [9.17, 15) is 0 Å². The van der Waals surface area contributed by atoms with Crippen LogP contribution in [0.5, 0.6) is 0 Å². The number of nitrogens with two attached hydrogens (primary N) is 2. The highest BCUT2D eigenvalue weighted by molar-refractivity contribution is 6.10. The zero-order valence-corrected chi connectivity index (χ0v) is 9.94. The second-order valence-electron chi connectivity index (χ2n) is 4.99. The van der Waals surface area contributed by atoms with Gasteiger partial charge in [0, 0.05) is 12.0 Å². The van der Waals surface area contributed by atoms with E-state index in [0.29, 0.717) is 6.10 Å². The average Bonchev–Trinajstić information content (AvgIpc) is 3.16. The van der Waals surface area contributed by atoms with E-state index in [1.807, 2.05) is 6.07 Å². The van der Waals surface area contributed by atoms with Gasteiger partial charge in [-0.15, -0.1) is 0 Å². The summed E-state index contributed by atoms with van der Waals surface area (Å²) in [5, 5.41) is 0. The lowest BCUT2D eigenvalue weighted by Gasteiger charge is -2.27. The molecule has 1 aliphatic heterocycles. The first-order chi connectivity index (χ1) is 8.75. The second-order valence-corrected chi connectivity index (χ2v) is 4.99. The van der Waals surface area contributed by atoms with Crippen molar-refractivity contribution in [2.24, 2.45) is 0 Å². The van der Waals surface area contributed by atoms with Crippen LogP contribution in [0.1, 0.15) is 5.56 Å². The van der Waals surface area contributed by atoms with Crippen molar-refractivity contribution in [3.63, 3.8) is 0 Å². The van der Waals surface area contributed by atoms with Crippen LogP contribution >= 0.6 is 0 Å². The van der Waals surface area contributed by atoms with Gasteiger partial charge >= 0.3 is 0 Å². The van der Waals surface area contributed by atoms with Crippen LogP contribution in [-0.4, -0.2) is 12.7 Å². The van der Waals surface area contributed by atoms with Gasteiger partial charge in [0.2, 0.25) is 0 Å². The molecule has 3 heteroatoms. The van der Waals surface area contributed by atoms with Crippen molar-refractivity contribution in [1.29, 1.82) is 0 Å². The maximum atomic E-state index is 6.18. The lowest BCUT2D eigenvalue weighted by molar-refractivity contribution is 0.408. The molecule has 0 saturated carbocycles. The third kappa shape index (κ3) is 1.22. The molecule has 90 valence electrons. The number of nitrogen functional groups attached to an aromatic ring is 2. The van der Waals surface area contributed by atoms with Crippen LogP contribution in [0.25, 0.3) is 22.3 Å². The largest absolute Gasteiger partial charge is 0.397 e. The van der Waals surface area contributed by atoms with Crippen LogP contribution < -0.4 is 11.5 Å². The minimum Gasteiger partial charge on any atom is -0.397 e. The van der Waals surface area contributed by atoms with Crippen molar-refractivity contribution in [3.8, 4) is 22.3 Å². The van der Waals surface area contributed by atoms with Gasteiger partial charge in [0.1, 0.15) is 0 Å². The molecule has 1 fully saturated rings. The quantitative estimate of drug-likeness (QED) is 0.532. The molecule has 0 spiro atoms. The van der Waals surface area contributed by atoms with Crippen LogP contribution in [0.4, 0.5) is 11.4 Å². The molecule has 2 aromatic carbocycles. The Morgan fingerprint density at radius 3 is 2.50 bits per heavy atom. The van der Waals surface area contributed by atoms with Gasteiger partial charge in [-0.1, -0.05) is 24.3 Å². The van der Waals surface area contributed by atoms with Gasteiger partial charge < -0.3 is 16.2 Å². The molecular formula is C15H14N2O. The Morgan fingerprint density at radius 2 is 1.78 bits per heavy atom. The molecule has 0 aromatic heterocycles. The topological polar surface area (TPSA) is 64.6 Å². The van der Waals surface area contributed by atoms with Gasteiger partial charge in [0.15, 0.2) is 0 Å². The fourth-order valence-electron chi connectivity index (χ4n) is 2.75. The third-order valence-corrected chi connectivity index (χ3v) is 3.83. The number of ether oxygens (including phenoxy) is 1. The first-order valence-electron chi connectivity index (χ1n) is 6.18. The van der Waals surface area contributed by atoms with Crippen molar-refractivity contribution in [1.82, 2.24) is 0 Å². The van der Waals surface area contributed by atoms with Gasteiger partial charge in [0.25, 0.3) is 0 Å². The van der Waals surface area contributed by atoms with E-state index in [0.717, 1.165) is 35.5 Å². The van der Waals surface area contributed by atoms with E-state index in [2.05, 4.69) is 24.3 Å². The monoisotopic (exact) mass is 238 g/mol. The number of rotatable bonds is 2. The summed E-state index contributed by atoms with van der Waals surface area (Å²) in [6.45, 7) is 0.840. The van der Waals surface area contributed by atoms with Crippen LogP contribution in [0.15, 0.2) is 30.3 Å². The molecule has 0 bridgehead atoms. The predicted molar refractivity (Wildman–Crippen MR) is 73.1 cm³/mol. The Balaban J connectivity index is 1.87. The minimum absolute atomic E-state index is 0.333. The van der Waals surface area contributed by atoms with Crippen LogP contribution in [0.3, 0.4) is 0 Å². The van der Waals surface area contributed by atoms with E-state index < -0.39 is 0 Å². The smallest absolute Gasteiger partial charge is 0.0850 e. The van der Waals surface area contributed by atoms with Gasteiger partial charge in [0.05, 0.1) is 24.1 Å². The second kappa shape index (κ2) is 3.27. The van der Waals surface area contributed by atoms with Crippen molar-refractivity contribution in [2.45, 2.75) is 12.5 Å². The van der Waals surface area contributed by atoms with E-state index in [-0.39, 0.29) is 0 Å². The average molecular weight is 238 g/mol. The molecular weight excluding hydrogens is 224 g/mol. The molecule has 4 rings (SSSR count). The number of benzene rings is 2. The predicted octanol–water partition coefficient (Wildman–Crippen LogP) is 2.44. The van der Waals surface area contributed by atoms with Crippen LogP contribution in [0, 0.1) is 0 Å². The first-order valence-corrected chi connectivity index (χ1v) is 6.18. The SMILES string of the molecule is Nc1c(CC2CO2)cc2c(c1N)-c1ccccc1-2. The molecule has 1 unspecified atom stereocenters. The van der Waals surface area contributed by atoms with E-state index in [1.165, 1.54) is 16.7 Å². The fourth-order valence-corrected chi connectivity index (χ4v) is 2.75. The van der Waals surface area contributed by atoms with Crippen molar-refractivity contribution in [3.05, 3.63) is 35.9 Å². The Hall–Kier alpha value is -2.00. The zero-order valence-electron chi connectivity index (χ0n) is 9.94. The van der Waals surface area contributed by atoms with Crippen LogP contribution in [-0.2, 0) is 11.2 Å². The highest BCUT2D eigenvalue weighted by Gasteiger charge is 2.29. The summed E-state index contributed by atoms with van der Waals surface area (Å²) >= 11 is 0. The number of hydrogen-bond acceptors (Lipinski definition) is 3. The Labute approximate surface area is 105 Å². The summed E-state index contributed by atoms with van der Waals surface area (Å²) in [4.78, 5) is 0. The number of hydrogen-bond donors (Lipinski definition) is 2. The number of anilines is 2. The molecule has 1 atom stereocenters. The summed E-state index contributed by atoms with van der Waals surface area (Å²) in [5.41, 5.74) is 19.7. The first kappa shape index (κ1) is 9.97. The third-order valence-electron chi connectivity index (χ3n) is 3.83. The maximum Gasteiger partial charge on any atom is 0.0850 e. The molecule has 18 heavy (non-hydrogen) atoms. The lowest BCUT2D eigenvalue weighted by Crippen LogP contribution is -2.10. The molecule has 1 heterocycles. The lowest BCUT2D eigenvalue weighted by atomic mass is 9.78. The molecule has 1 aliphatic carbocycles. The van der Waals surface area contributed by atoms with E-state index >= 15 is 0 Å². The summed E-state index contributed by atoms with van der Waals surface area (Å²) in [7, 11) is 0. The van der Waals surface area contributed by atoms with Gasteiger partial charge in [-0.05, 0) is 28.3 Å². The summed E-state index contributed by atoms with van der Waals surface area (Å²) < 4.78 is 5.27. The molecule has 2 aliphatic rings. The maximum absolute atomic E-state index is 6.18. The van der Waals surface area contributed by atoms with Gasteiger partial charge in [-0.3, -0.25) is 0 Å². The number of fused-ring (bicyclic) bond motifs is 4. The Bertz CT molecular complexity index is 660. The summed E-state index contributed by atoms with van der Waals surface area (Å²) in [6, 6.07) is 10.5. The molecule has 2 aromatic rings. The summed E-state index contributed by atoms with van der Waals surface area (Å²) in [6.07, 6.45) is 1.20. The zero-order chi connectivity index (χ0) is 12.3. The fraction of sp³-hybridized carbons (Fsp3) is 0.200. The minimum atomic E-state index is 0.333. The number of epoxide rings is 1. The van der Waals surface area contributed by atoms with Crippen molar-refractivity contribution < 1.29 is 4.74 Å². The van der Waals surface area contributed by atoms with Crippen molar-refractivity contribution >= 4 is 11.4 Å². The highest BCUT2D eigenvalue weighted by atomic mass is 16.6. The molecule has 0 radical (unpaired) electrons. The summed E-state index contributed by atoms with van der Waals surface area (Å²) in [5.74, 6) is 0. The van der Waals surface area contributed by atoms with E-state index in [1.54, 1.807) is 0 Å². The molecule has 1 saturated heterocycles. The molecule has 0 amide bonds. The van der Waals surface area contributed by atoms with Crippen molar-refractivity contribution in [2.75, 3.05) is 18.1 Å². The Morgan fingerprint density at radius 1 is 1.06 bits per heavy atom. The highest BCUT2D eigenvalue weighted by Crippen LogP contribution is 2.52. The van der Waals surface area contributed by atoms with Crippen LogP contribution in [0.2, 0.25) is 0 Å². The van der Waals surface area contributed by atoms with Gasteiger partial charge in [-0.2, -0.15) is 0 Å². The Kier molecular flexibility index (Phi) is 1.81. The van der Waals surface area contributed by atoms with E-state index in [4.69, 9.17) is 16.2 Å². The molecule has 3 nitrogen and oxygen atoms in total.